The molecule has 1 heterocycles. The highest BCUT2D eigenvalue weighted by Crippen LogP contribution is 2.06. The van der Waals surface area contributed by atoms with Crippen molar-refractivity contribution >= 4 is 17.7 Å². The summed E-state index contributed by atoms with van der Waals surface area (Å²) in [5.74, 6) is -0.151. The van der Waals surface area contributed by atoms with E-state index in [0.717, 1.165) is 11.3 Å². The van der Waals surface area contributed by atoms with Crippen molar-refractivity contribution < 1.29 is 4.79 Å². The molecule has 18 heavy (non-hydrogen) atoms. The molecule has 0 aliphatic rings. The van der Waals surface area contributed by atoms with Crippen LogP contribution < -0.4 is 11.1 Å². The Bertz CT molecular complexity index is 529. The largest absolute Gasteiger partial charge is 0.399 e. The first-order valence-electron chi connectivity index (χ1n) is 5.53. The molecule has 0 unspecified atom stereocenters. The second-order valence-electron chi connectivity index (χ2n) is 3.79. The van der Waals surface area contributed by atoms with E-state index in [1.54, 1.807) is 30.7 Å². The van der Waals surface area contributed by atoms with Crippen molar-refractivity contribution in [2.45, 2.75) is 6.54 Å². The molecule has 5 heteroatoms. The maximum atomic E-state index is 11.5. The second-order valence-corrected chi connectivity index (χ2v) is 3.79. The van der Waals surface area contributed by atoms with Gasteiger partial charge in [0.2, 0.25) is 5.91 Å². The van der Waals surface area contributed by atoms with E-state index >= 15 is 0 Å². The van der Waals surface area contributed by atoms with Crippen LogP contribution in [0.25, 0.3) is 6.08 Å². The maximum absolute atomic E-state index is 11.5. The fourth-order valence-electron chi connectivity index (χ4n) is 1.40. The smallest absolute Gasteiger partial charge is 0.244 e. The third-order valence-corrected chi connectivity index (χ3v) is 2.37. The van der Waals surface area contributed by atoms with Crippen LogP contribution >= 0.6 is 0 Å². The van der Waals surface area contributed by atoms with Gasteiger partial charge in [0, 0.05) is 18.0 Å². The Labute approximate surface area is 105 Å². The number of hydrogen-bond donors (Lipinski definition) is 3. The molecular formula is C13H14N4O. The molecule has 5 nitrogen and oxygen atoms in total. The monoisotopic (exact) mass is 242 g/mol. The first-order valence-corrected chi connectivity index (χ1v) is 5.53. The summed E-state index contributed by atoms with van der Waals surface area (Å²) >= 11 is 0. The Morgan fingerprint density at radius 2 is 2.17 bits per heavy atom. The molecule has 0 aliphatic heterocycles. The van der Waals surface area contributed by atoms with Crippen LogP contribution in [0.4, 0.5) is 5.69 Å². The van der Waals surface area contributed by atoms with E-state index in [4.69, 9.17) is 5.73 Å². The predicted molar refractivity (Wildman–Crippen MR) is 70.3 cm³/mol. The van der Waals surface area contributed by atoms with Crippen molar-refractivity contribution in [3.8, 4) is 0 Å². The number of imidazole rings is 1. The second kappa shape index (κ2) is 5.67. The van der Waals surface area contributed by atoms with Crippen molar-refractivity contribution in [3.05, 3.63) is 54.1 Å². The molecule has 0 radical (unpaired) electrons. The minimum atomic E-state index is -0.151. The van der Waals surface area contributed by atoms with Crippen LogP contribution in [-0.4, -0.2) is 15.9 Å². The molecule has 2 aromatic rings. The van der Waals surface area contributed by atoms with Gasteiger partial charge in [-0.1, -0.05) is 12.1 Å². The fourth-order valence-corrected chi connectivity index (χ4v) is 1.40. The molecule has 0 bridgehead atoms. The van der Waals surface area contributed by atoms with Crippen LogP contribution in [0.3, 0.4) is 0 Å². The lowest BCUT2D eigenvalue weighted by atomic mass is 10.2. The summed E-state index contributed by atoms with van der Waals surface area (Å²) in [7, 11) is 0. The molecule has 1 aromatic heterocycles. The number of hydrogen-bond acceptors (Lipinski definition) is 3. The van der Waals surface area contributed by atoms with Gasteiger partial charge in [0.25, 0.3) is 0 Å². The quantitative estimate of drug-likeness (QED) is 0.558. The number of rotatable bonds is 4. The van der Waals surface area contributed by atoms with Crippen LogP contribution in [0, 0.1) is 0 Å². The first-order chi connectivity index (χ1) is 8.74. The third kappa shape index (κ3) is 3.48. The molecule has 0 fully saturated rings. The number of nitrogen functional groups attached to an aromatic ring is 1. The molecule has 2 rings (SSSR count). The Morgan fingerprint density at radius 3 is 2.83 bits per heavy atom. The Balaban J connectivity index is 1.85. The Morgan fingerprint density at radius 1 is 1.39 bits per heavy atom. The van der Waals surface area contributed by atoms with Crippen LogP contribution in [-0.2, 0) is 11.3 Å². The average Bonchev–Trinajstić information content (AvgIpc) is 2.89. The van der Waals surface area contributed by atoms with Gasteiger partial charge in [0.1, 0.15) is 0 Å². The fraction of sp³-hybridized carbons (Fsp3) is 0.0769. The highest BCUT2D eigenvalue weighted by molar-refractivity contribution is 5.91. The lowest BCUT2D eigenvalue weighted by Gasteiger charge is -1.99. The number of aromatic nitrogens is 2. The average molecular weight is 242 g/mol. The SMILES string of the molecule is Nc1ccc(/C=C/C(=O)NCc2cnc[nH]2)cc1. The first kappa shape index (κ1) is 11.9. The van der Waals surface area contributed by atoms with Crippen LogP contribution in [0.5, 0.6) is 0 Å². The number of benzene rings is 1. The van der Waals surface area contributed by atoms with E-state index in [2.05, 4.69) is 15.3 Å². The lowest BCUT2D eigenvalue weighted by Crippen LogP contribution is -2.20. The summed E-state index contributed by atoms with van der Waals surface area (Å²) in [6, 6.07) is 7.30. The van der Waals surface area contributed by atoms with Crippen LogP contribution in [0.2, 0.25) is 0 Å². The summed E-state index contributed by atoms with van der Waals surface area (Å²) < 4.78 is 0. The van der Waals surface area contributed by atoms with E-state index in [1.807, 2.05) is 12.1 Å². The number of nitrogens with two attached hydrogens (primary N) is 1. The number of H-pyrrole nitrogens is 1. The zero-order valence-corrected chi connectivity index (χ0v) is 9.76. The minimum absolute atomic E-state index is 0.151. The van der Waals surface area contributed by atoms with Gasteiger partial charge < -0.3 is 16.0 Å². The Hall–Kier alpha value is -2.56. The summed E-state index contributed by atoms with van der Waals surface area (Å²) in [4.78, 5) is 18.3. The molecule has 0 aliphatic carbocycles. The normalized spacial score (nSPS) is 10.7. The highest BCUT2D eigenvalue weighted by Gasteiger charge is 1.97. The van der Waals surface area contributed by atoms with Gasteiger partial charge in [0.15, 0.2) is 0 Å². The maximum Gasteiger partial charge on any atom is 0.244 e. The Kier molecular flexibility index (Phi) is 3.76. The molecular weight excluding hydrogens is 228 g/mol. The van der Waals surface area contributed by atoms with Gasteiger partial charge in [-0.2, -0.15) is 0 Å². The van der Waals surface area contributed by atoms with E-state index in [1.165, 1.54) is 6.08 Å². The number of carbonyl (C=O) groups excluding carboxylic acids is 1. The van der Waals surface area contributed by atoms with Gasteiger partial charge in [0.05, 0.1) is 18.6 Å². The summed E-state index contributed by atoms with van der Waals surface area (Å²) in [5, 5.41) is 2.75. The topological polar surface area (TPSA) is 83.8 Å². The molecule has 0 saturated carbocycles. The van der Waals surface area contributed by atoms with Gasteiger partial charge in [-0.05, 0) is 23.8 Å². The van der Waals surface area contributed by atoms with E-state index in [-0.39, 0.29) is 5.91 Å². The van der Waals surface area contributed by atoms with Gasteiger partial charge in [-0.3, -0.25) is 4.79 Å². The van der Waals surface area contributed by atoms with E-state index in [0.29, 0.717) is 12.2 Å². The summed E-state index contributed by atoms with van der Waals surface area (Å²) in [5.41, 5.74) is 8.07. The summed E-state index contributed by atoms with van der Waals surface area (Å²) in [6.07, 6.45) is 6.47. The summed E-state index contributed by atoms with van der Waals surface area (Å²) in [6.45, 7) is 0.435. The van der Waals surface area contributed by atoms with E-state index < -0.39 is 0 Å². The molecule has 1 aromatic carbocycles. The van der Waals surface area contributed by atoms with Crippen molar-refractivity contribution in [1.82, 2.24) is 15.3 Å². The van der Waals surface area contributed by atoms with Crippen molar-refractivity contribution in [2.24, 2.45) is 0 Å². The molecule has 4 N–H and O–H groups in total. The van der Waals surface area contributed by atoms with Gasteiger partial charge in [-0.25, -0.2) is 4.98 Å². The number of amides is 1. The number of nitrogens with one attached hydrogen (secondary N) is 2. The molecule has 0 atom stereocenters. The third-order valence-electron chi connectivity index (χ3n) is 2.37. The molecule has 92 valence electrons. The van der Waals surface area contributed by atoms with Crippen LogP contribution in [0.15, 0.2) is 42.9 Å². The molecule has 0 saturated heterocycles. The predicted octanol–water partition coefficient (Wildman–Crippen LogP) is 1.32. The lowest BCUT2D eigenvalue weighted by molar-refractivity contribution is -0.116. The van der Waals surface area contributed by atoms with Gasteiger partial charge >= 0.3 is 0 Å². The number of aromatic amines is 1. The van der Waals surface area contributed by atoms with E-state index in [9.17, 15) is 4.79 Å². The van der Waals surface area contributed by atoms with Gasteiger partial charge in [-0.15, -0.1) is 0 Å². The minimum Gasteiger partial charge on any atom is -0.399 e. The zero-order valence-electron chi connectivity index (χ0n) is 9.76. The van der Waals surface area contributed by atoms with Crippen LogP contribution in [0.1, 0.15) is 11.3 Å². The highest BCUT2D eigenvalue weighted by atomic mass is 16.1. The van der Waals surface area contributed by atoms with Crippen molar-refractivity contribution in [2.75, 3.05) is 5.73 Å². The number of nitrogens with zero attached hydrogens (tertiary/aromatic N) is 1. The molecule has 1 amide bonds. The number of anilines is 1. The van der Waals surface area contributed by atoms with Crippen molar-refractivity contribution in [1.29, 1.82) is 0 Å². The number of carbonyl (C=O) groups is 1. The zero-order chi connectivity index (χ0) is 12.8. The standard InChI is InChI=1S/C13H14N4O/c14-11-4-1-10(2-5-11)3-6-13(18)16-8-12-7-15-9-17-12/h1-7,9H,8,14H2,(H,15,17)(H,16,18)/b6-3+. The van der Waals surface area contributed by atoms with Crippen molar-refractivity contribution in [3.63, 3.8) is 0 Å². The molecule has 0 spiro atoms.